The van der Waals surface area contributed by atoms with E-state index in [0.717, 1.165) is 46.8 Å². The molecule has 0 aliphatic carbocycles. The molecule has 7 heteroatoms. The molecule has 4 aromatic rings. The van der Waals surface area contributed by atoms with Crippen LogP contribution in [0.3, 0.4) is 0 Å². The molecular formula is C27H25N5O2. The van der Waals surface area contributed by atoms with Crippen molar-refractivity contribution in [2.75, 3.05) is 18.4 Å². The van der Waals surface area contributed by atoms with Gasteiger partial charge >= 0.3 is 0 Å². The number of hydrogen-bond acceptors (Lipinski definition) is 6. The smallest absolute Gasteiger partial charge is 0.245 e. The summed E-state index contributed by atoms with van der Waals surface area (Å²) in [4.78, 5) is 27.5. The first-order valence-corrected chi connectivity index (χ1v) is 11.3. The summed E-state index contributed by atoms with van der Waals surface area (Å²) < 4.78 is 5.87. The van der Waals surface area contributed by atoms with Gasteiger partial charge in [0.05, 0.1) is 5.52 Å². The molecule has 170 valence electrons. The number of para-hydroxylation sites is 1. The molecule has 2 aromatic carbocycles. The maximum absolute atomic E-state index is 11.9. The van der Waals surface area contributed by atoms with Gasteiger partial charge in [0.15, 0.2) is 5.82 Å². The van der Waals surface area contributed by atoms with E-state index in [2.05, 4.69) is 21.9 Å². The van der Waals surface area contributed by atoms with Crippen LogP contribution in [0, 0.1) is 0 Å². The van der Waals surface area contributed by atoms with Gasteiger partial charge in [-0.15, -0.1) is 0 Å². The van der Waals surface area contributed by atoms with Gasteiger partial charge in [-0.05, 0) is 67.4 Å². The molecule has 1 N–H and O–H groups in total. The molecule has 0 bridgehead atoms. The zero-order valence-electron chi connectivity index (χ0n) is 18.7. The molecule has 1 saturated heterocycles. The van der Waals surface area contributed by atoms with Crippen LogP contribution in [0.2, 0.25) is 0 Å². The summed E-state index contributed by atoms with van der Waals surface area (Å²) in [6.07, 6.45) is 4.66. The lowest BCUT2D eigenvalue weighted by molar-refractivity contribution is -0.127. The molecule has 3 heterocycles. The summed E-state index contributed by atoms with van der Waals surface area (Å²) in [6.45, 7) is 5.01. The second-order valence-electron chi connectivity index (χ2n) is 8.19. The van der Waals surface area contributed by atoms with E-state index in [1.54, 1.807) is 0 Å². The monoisotopic (exact) mass is 451 g/mol. The number of benzene rings is 2. The van der Waals surface area contributed by atoms with E-state index in [1.165, 1.54) is 12.4 Å². The van der Waals surface area contributed by atoms with Crippen LogP contribution < -0.4 is 10.1 Å². The molecule has 0 spiro atoms. The number of pyridine rings is 1. The normalized spacial score (nSPS) is 14.1. The van der Waals surface area contributed by atoms with Gasteiger partial charge in [-0.1, -0.05) is 24.8 Å². The van der Waals surface area contributed by atoms with Crippen molar-refractivity contribution < 1.29 is 9.53 Å². The van der Waals surface area contributed by atoms with Gasteiger partial charge in [0.1, 0.15) is 23.3 Å². The molecule has 1 aliphatic heterocycles. The Kier molecular flexibility index (Phi) is 6.16. The zero-order chi connectivity index (χ0) is 23.3. The van der Waals surface area contributed by atoms with E-state index in [-0.39, 0.29) is 5.91 Å². The van der Waals surface area contributed by atoms with E-state index in [0.29, 0.717) is 24.8 Å². The van der Waals surface area contributed by atoms with Gasteiger partial charge in [-0.25, -0.2) is 15.0 Å². The van der Waals surface area contributed by atoms with Crippen molar-refractivity contribution in [3.63, 3.8) is 0 Å². The van der Waals surface area contributed by atoms with Crippen LogP contribution in [0.1, 0.15) is 24.5 Å². The Hall–Kier alpha value is -4.26. The zero-order valence-corrected chi connectivity index (χ0v) is 18.7. The highest BCUT2D eigenvalue weighted by Crippen LogP contribution is 2.30. The minimum Gasteiger partial charge on any atom is -0.457 e. The van der Waals surface area contributed by atoms with Crippen molar-refractivity contribution in [2.45, 2.75) is 18.8 Å². The molecule has 1 aliphatic rings. The number of carbonyl (C=O) groups excluding carboxylic acids is 1. The first-order valence-electron chi connectivity index (χ1n) is 11.3. The molecule has 34 heavy (non-hydrogen) atoms. The standard InChI is InChI=1S/C27H25N5O2/c1-2-25(33)32-16-14-19(15-17-32)23-12-13-24-26(31-23)27(29-18-28-24)30-20-8-10-22(11-9-20)34-21-6-4-3-5-7-21/h2-13,18-19H,1,14-17H2,(H,28,29,30). The summed E-state index contributed by atoms with van der Waals surface area (Å²) in [6, 6.07) is 21.4. The number of fused-ring (bicyclic) bond motifs is 1. The minimum absolute atomic E-state index is 0.00926. The largest absolute Gasteiger partial charge is 0.457 e. The Balaban J connectivity index is 1.33. The van der Waals surface area contributed by atoms with Gasteiger partial charge in [0.2, 0.25) is 5.91 Å². The van der Waals surface area contributed by atoms with Gasteiger partial charge in [0.25, 0.3) is 0 Å². The van der Waals surface area contributed by atoms with E-state index >= 15 is 0 Å². The number of aromatic nitrogens is 3. The molecule has 1 amide bonds. The highest BCUT2D eigenvalue weighted by Gasteiger charge is 2.24. The van der Waals surface area contributed by atoms with Crippen LogP contribution in [-0.2, 0) is 4.79 Å². The predicted molar refractivity (Wildman–Crippen MR) is 132 cm³/mol. The summed E-state index contributed by atoms with van der Waals surface area (Å²) >= 11 is 0. The number of hydrogen-bond donors (Lipinski definition) is 1. The Morgan fingerprint density at radius 3 is 2.44 bits per heavy atom. The van der Waals surface area contributed by atoms with Crippen molar-refractivity contribution in [2.24, 2.45) is 0 Å². The number of amides is 1. The molecule has 7 nitrogen and oxygen atoms in total. The Labute approximate surface area is 198 Å². The van der Waals surface area contributed by atoms with E-state index in [4.69, 9.17) is 9.72 Å². The number of nitrogens with zero attached hydrogens (tertiary/aromatic N) is 4. The molecule has 0 atom stereocenters. The molecule has 5 rings (SSSR count). The maximum atomic E-state index is 11.9. The second kappa shape index (κ2) is 9.70. The molecule has 0 saturated carbocycles. The van der Waals surface area contributed by atoms with E-state index < -0.39 is 0 Å². The average Bonchev–Trinajstić information content (AvgIpc) is 2.90. The molecule has 2 aromatic heterocycles. The van der Waals surface area contributed by atoms with Crippen molar-refractivity contribution >= 4 is 28.4 Å². The second-order valence-corrected chi connectivity index (χ2v) is 8.19. The van der Waals surface area contributed by atoms with Crippen molar-refractivity contribution in [3.8, 4) is 11.5 Å². The van der Waals surface area contributed by atoms with Crippen LogP contribution in [0.25, 0.3) is 11.0 Å². The Morgan fingerprint density at radius 1 is 0.971 bits per heavy atom. The lowest BCUT2D eigenvalue weighted by Gasteiger charge is -2.31. The predicted octanol–water partition coefficient (Wildman–Crippen LogP) is 5.45. The highest BCUT2D eigenvalue weighted by molar-refractivity contribution is 5.87. The SMILES string of the molecule is C=CC(=O)N1CCC(c2ccc3ncnc(Nc4ccc(Oc5ccccc5)cc4)c3n2)CC1. The van der Waals surface area contributed by atoms with Crippen LogP contribution in [0.15, 0.2) is 85.7 Å². The fourth-order valence-corrected chi connectivity index (χ4v) is 4.17. The number of anilines is 2. The van der Waals surface area contributed by atoms with Gasteiger partial charge in [-0.3, -0.25) is 4.79 Å². The first kappa shape index (κ1) is 21.6. The van der Waals surface area contributed by atoms with Crippen molar-refractivity contribution in [3.05, 3.63) is 91.4 Å². The van der Waals surface area contributed by atoms with Crippen LogP contribution in [0.5, 0.6) is 11.5 Å². The summed E-state index contributed by atoms with van der Waals surface area (Å²) in [5.41, 5.74) is 3.39. The molecule has 0 radical (unpaired) electrons. The number of nitrogens with one attached hydrogen (secondary N) is 1. The van der Waals surface area contributed by atoms with Gasteiger partial charge < -0.3 is 15.0 Å². The van der Waals surface area contributed by atoms with Gasteiger partial charge in [-0.2, -0.15) is 0 Å². The quantitative estimate of drug-likeness (QED) is 0.393. The van der Waals surface area contributed by atoms with E-state index in [1.807, 2.05) is 71.6 Å². The summed E-state index contributed by atoms with van der Waals surface area (Å²) in [5.74, 6) is 2.49. The van der Waals surface area contributed by atoms with Gasteiger partial charge in [0, 0.05) is 30.4 Å². The van der Waals surface area contributed by atoms with Crippen LogP contribution in [0.4, 0.5) is 11.5 Å². The minimum atomic E-state index is -0.00926. The molecule has 0 unspecified atom stereocenters. The maximum Gasteiger partial charge on any atom is 0.245 e. The fraction of sp³-hybridized carbons (Fsp3) is 0.185. The highest BCUT2D eigenvalue weighted by atomic mass is 16.5. The summed E-state index contributed by atoms with van der Waals surface area (Å²) in [7, 11) is 0. The number of likely N-dealkylation sites (tertiary alicyclic amines) is 1. The average molecular weight is 452 g/mol. The lowest BCUT2D eigenvalue weighted by Crippen LogP contribution is -2.36. The third-order valence-corrected chi connectivity index (χ3v) is 6.00. The topological polar surface area (TPSA) is 80.2 Å². The Morgan fingerprint density at radius 2 is 1.71 bits per heavy atom. The number of piperidine rings is 1. The number of rotatable bonds is 6. The lowest BCUT2D eigenvalue weighted by atomic mass is 9.93. The van der Waals surface area contributed by atoms with Crippen molar-refractivity contribution in [1.29, 1.82) is 0 Å². The van der Waals surface area contributed by atoms with Crippen LogP contribution in [-0.4, -0.2) is 38.8 Å². The summed E-state index contributed by atoms with van der Waals surface area (Å²) in [5, 5.41) is 3.36. The first-order chi connectivity index (χ1) is 16.7. The number of ether oxygens (including phenoxy) is 1. The molecule has 1 fully saturated rings. The van der Waals surface area contributed by atoms with Crippen LogP contribution >= 0.6 is 0 Å². The van der Waals surface area contributed by atoms with E-state index in [9.17, 15) is 4.79 Å². The molecular weight excluding hydrogens is 426 g/mol. The fourth-order valence-electron chi connectivity index (χ4n) is 4.17. The Bertz CT molecular complexity index is 1300. The number of carbonyl (C=O) groups is 1. The van der Waals surface area contributed by atoms with Crippen molar-refractivity contribution in [1.82, 2.24) is 19.9 Å². The third kappa shape index (κ3) is 4.73. The third-order valence-electron chi connectivity index (χ3n) is 6.00.